The van der Waals surface area contributed by atoms with E-state index in [1.54, 1.807) is 31.4 Å². The minimum Gasteiger partial charge on any atom is -0.467 e. The van der Waals surface area contributed by atoms with Gasteiger partial charge in [-0.2, -0.15) is 0 Å². The number of benzene rings is 1. The van der Waals surface area contributed by atoms with Crippen LogP contribution in [0.5, 0.6) is 11.5 Å². The van der Waals surface area contributed by atoms with E-state index in [0.29, 0.717) is 45.8 Å². The second-order valence-corrected chi connectivity index (χ2v) is 9.20. The lowest BCUT2D eigenvalue weighted by Gasteiger charge is -2.17. The molecule has 194 valence electrons. The zero-order valence-electron chi connectivity index (χ0n) is 21.8. The van der Waals surface area contributed by atoms with Gasteiger partial charge in [0.05, 0.1) is 11.7 Å². The van der Waals surface area contributed by atoms with Gasteiger partial charge in [0.25, 0.3) is 0 Å². The van der Waals surface area contributed by atoms with Crippen molar-refractivity contribution in [2.45, 2.75) is 51.7 Å². The fraction of sp³-hybridized carbons (Fsp3) is 0.414. The van der Waals surface area contributed by atoms with E-state index in [4.69, 9.17) is 28.1 Å². The number of hydrogen-bond donors (Lipinski definition) is 0. The normalized spacial score (nSPS) is 17.2. The molecule has 1 aromatic heterocycles. The molecule has 0 unspecified atom stereocenters. The highest BCUT2D eigenvalue weighted by molar-refractivity contribution is 5.88. The molecule has 1 fully saturated rings. The third-order valence-electron chi connectivity index (χ3n) is 6.11. The molecule has 1 aromatic carbocycles. The minimum absolute atomic E-state index is 0.0250. The molecule has 7 nitrogen and oxygen atoms in total. The van der Waals surface area contributed by atoms with Crippen molar-refractivity contribution in [2.75, 3.05) is 27.8 Å². The predicted octanol–water partition coefficient (Wildman–Crippen LogP) is 5.96. The Morgan fingerprint density at radius 3 is 2.44 bits per heavy atom. The Kier molecular flexibility index (Phi) is 9.31. The second-order valence-electron chi connectivity index (χ2n) is 9.20. The molecule has 2 heterocycles. The second kappa shape index (κ2) is 12.2. The quantitative estimate of drug-likeness (QED) is 0.138. The lowest BCUT2D eigenvalue weighted by molar-refractivity contribution is 0.0455. The zero-order valence-corrected chi connectivity index (χ0v) is 21.8. The SMILES string of the molecule is C=C/C=C(\C=C)c1cc(=O)c2c(OCOC)c(C/C=C(\C)CC[C@@H]3OC3(C)C)c(OCOC)cc2o1. The minimum atomic E-state index is -0.248. The van der Waals surface area contributed by atoms with Crippen LogP contribution < -0.4 is 14.9 Å². The third kappa shape index (κ3) is 6.55. The van der Waals surface area contributed by atoms with Crippen molar-refractivity contribution in [1.82, 2.24) is 0 Å². The Labute approximate surface area is 212 Å². The summed E-state index contributed by atoms with van der Waals surface area (Å²) >= 11 is 0. The van der Waals surface area contributed by atoms with Gasteiger partial charge in [-0.3, -0.25) is 4.79 Å². The van der Waals surface area contributed by atoms with Crippen LogP contribution in [0.25, 0.3) is 16.5 Å². The molecule has 2 aromatic rings. The monoisotopic (exact) mass is 496 g/mol. The van der Waals surface area contributed by atoms with Gasteiger partial charge in [-0.25, -0.2) is 0 Å². The standard InChI is InChI=1S/C29H36O7/c1-8-10-20(9-2)23-15-22(30)27-25(35-23)16-24(33-17-31-6)21(28(27)34-18-32-7)13-11-19(3)12-14-26-29(4,5)36-26/h8-11,15-16,26H,1-2,12-14,17-18H2,3-7H3/b19-11+,20-10+/t26-/m0/s1. The summed E-state index contributed by atoms with van der Waals surface area (Å²) in [7, 11) is 3.07. The van der Waals surface area contributed by atoms with Gasteiger partial charge in [-0.15, -0.1) is 0 Å². The number of ether oxygens (including phenoxy) is 5. The maximum atomic E-state index is 13.3. The summed E-state index contributed by atoms with van der Waals surface area (Å²) < 4.78 is 33.9. The van der Waals surface area contributed by atoms with E-state index < -0.39 is 0 Å². The number of rotatable bonds is 14. The van der Waals surface area contributed by atoms with Crippen LogP contribution >= 0.6 is 0 Å². The molecule has 7 heteroatoms. The summed E-state index contributed by atoms with van der Waals surface area (Å²) in [5.74, 6) is 1.23. The van der Waals surface area contributed by atoms with Crippen LogP contribution in [0.15, 0.2) is 64.4 Å². The van der Waals surface area contributed by atoms with Crippen LogP contribution in [0.1, 0.15) is 44.9 Å². The summed E-state index contributed by atoms with van der Waals surface area (Å²) in [4.78, 5) is 13.3. The Morgan fingerprint density at radius 2 is 1.83 bits per heavy atom. The fourth-order valence-electron chi connectivity index (χ4n) is 4.02. The first-order valence-corrected chi connectivity index (χ1v) is 11.9. The fourth-order valence-corrected chi connectivity index (χ4v) is 4.02. The summed E-state index contributed by atoms with van der Waals surface area (Å²) in [6.45, 7) is 13.8. The topological polar surface area (TPSA) is 79.7 Å². The Hall–Kier alpha value is -3.13. The molecule has 0 N–H and O–H groups in total. The Morgan fingerprint density at radius 1 is 1.14 bits per heavy atom. The molecule has 1 atom stereocenters. The average molecular weight is 497 g/mol. The van der Waals surface area contributed by atoms with E-state index in [1.807, 2.05) is 0 Å². The van der Waals surface area contributed by atoms with Crippen LogP contribution in [0, 0.1) is 0 Å². The number of fused-ring (bicyclic) bond motifs is 1. The molecule has 0 radical (unpaired) electrons. The zero-order chi connectivity index (χ0) is 26.3. The van der Waals surface area contributed by atoms with Crippen molar-refractivity contribution in [2.24, 2.45) is 0 Å². The lowest BCUT2D eigenvalue weighted by Crippen LogP contribution is -2.11. The van der Waals surface area contributed by atoms with Crippen LogP contribution in [-0.4, -0.2) is 39.5 Å². The van der Waals surface area contributed by atoms with Gasteiger partial charge in [0.2, 0.25) is 0 Å². The van der Waals surface area contributed by atoms with Crippen LogP contribution in [0.2, 0.25) is 0 Å². The number of epoxide rings is 1. The highest BCUT2D eigenvalue weighted by Gasteiger charge is 2.46. The van der Waals surface area contributed by atoms with E-state index in [9.17, 15) is 4.79 Å². The summed E-state index contributed by atoms with van der Waals surface area (Å²) in [5.41, 5.74) is 2.61. The molecular formula is C29H36O7. The van der Waals surface area contributed by atoms with Crippen LogP contribution in [0.3, 0.4) is 0 Å². The van der Waals surface area contributed by atoms with Crippen molar-refractivity contribution in [3.05, 3.63) is 76.7 Å². The average Bonchev–Trinajstić information content (AvgIpc) is 3.47. The highest BCUT2D eigenvalue weighted by Crippen LogP contribution is 2.40. The van der Waals surface area contributed by atoms with Crippen LogP contribution in [0.4, 0.5) is 0 Å². The maximum absolute atomic E-state index is 13.3. The molecule has 0 amide bonds. The summed E-state index contributed by atoms with van der Waals surface area (Å²) in [6, 6.07) is 3.13. The smallest absolute Gasteiger partial charge is 0.197 e. The first-order chi connectivity index (χ1) is 17.2. The Balaban J connectivity index is 2.08. The predicted molar refractivity (Wildman–Crippen MR) is 142 cm³/mol. The molecule has 1 aliphatic rings. The van der Waals surface area contributed by atoms with E-state index in [0.717, 1.165) is 12.8 Å². The first-order valence-electron chi connectivity index (χ1n) is 11.9. The van der Waals surface area contributed by atoms with Gasteiger partial charge >= 0.3 is 0 Å². The largest absolute Gasteiger partial charge is 0.467 e. The molecule has 1 aliphatic heterocycles. The van der Waals surface area contributed by atoms with Crippen molar-refractivity contribution in [3.63, 3.8) is 0 Å². The van der Waals surface area contributed by atoms with Crippen molar-refractivity contribution in [1.29, 1.82) is 0 Å². The number of allylic oxidation sites excluding steroid dienone is 6. The van der Waals surface area contributed by atoms with Gasteiger partial charge in [0.15, 0.2) is 19.0 Å². The van der Waals surface area contributed by atoms with E-state index in [2.05, 4.69) is 40.0 Å². The van der Waals surface area contributed by atoms with E-state index in [-0.39, 0.29) is 30.7 Å². The van der Waals surface area contributed by atoms with E-state index >= 15 is 0 Å². The van der Waals surface area contributed by atoms with Crippen molar-refractivity contribution in [3.8, 4) is 11.5 Å². The molecule has 0 bridgehead atoms. The van der Waals surface area contributed by atoms with Gasteiger partial charge in [0.1, 0.15) is 28.2 Å². The maximum Gasteiger partial charge on any atom is 0.197 e. The Bertz CT molecular complexity index is 1220. The molecule has 0 spiro atoms. The number of methoxy groups -OCH3 is 2. The number of hydrogen-bond acceptors (Lipinski definition) is 7. The molecule has 1 saturated heterocycles. The highest BCUT2D eigenvalue weighted by atomic mass is 16.7. The molecule has 3 rings (SSSR count). The molecule has 0 aliphatic carbocycles. The van der Waals surface area contributed by atoms with Crippen molar-refractivity contribution >= 4 is 16.5 Å². The van der Waals surface area contributed by atoms with Crippen molar-refractivity contribution < 1.29 is 28.1 Å². The molecular weight excluding hydrogens is 460 g/mol. The lowest BCUT2D eigenvalue weighted by atomic mass is 10.00. The first kappa shape index (κ1) is 27.5. The van der Waals surface area contributed by atoms with Gasteiger partial charge in [-0.05, 0) is 40.0 Å². The van der Waals surface area contributed by atoms with Crippen LogP contribution in [-0.2, 0) is 20.6 Å². The third-order valence-corrected chi connectivity index (χ3v) is 6.11. The molecule has 0 saturated carbocycles. The summed E-state index contributed by atoms with van der Waals surface area (Å²) in [6.07, 6.45) is 9.70. The molecule has 36 heavy (non-hydrogen) atoms. The van der Waals surface area contributed by atoms with E-state index in [1.165, 1.54) is 18.7 Å². The van der Waals surface area contributed by atoms with Gasteiger partial charge < -0.3 is 28.1 Å². The van der Waals surface area contributed by atoms with Gasteiger partial charge in [-0.1, -0.05) is 43.0 Å². The van der Waals surface area contributed by atoms with Gasteiger partial charge in [0, 0.05) is 37.5 Å². The summed E-state index contributed by atoms with van der Waals surface area (Å²) in [5, 5.41) is 0.316.